The predicted octanol–water partition coefficient (Wildman–Crippen LogP) is 2.75. The van der Waals surface area contributed by atoms with Crippen molar-refractivity contribution in [3.8, 4) is 0 Å². The number of hydrogen-bond acceptors (Lipinski definition) is 5. The minimum Gasteiger partial charge on any atom is -0.432 e. The lowest BCUT2D eigenvalue weighted by Crippen LogP contribution is -2.35. The van der Waals surface area contributed by atoms with Crippen molar-refractivity contribution in [2.24, 2.45) is 0 Å². The summed E-state index contributed by atoms with van der Waals surface area (Å²) in [5.74, 6) is 1.06. The van der Waals surface area contributed by atoms with Gasteiger partial charge < -0.3 is 14.6 Å². The normalized spacial score (nSPS) is 13.7. The van der Waals surface area contributed by atoms with E-state index >= 15 is 0 Å². The summed E-state index contributed by atoms with van der Waals surface area (Å²) in [5, 5.41) is 3.40. The molecule has 0 saturated heterocycles. The number of aromatic nitrogens is 1. The molecule has 1 unspecified atom stereocenters. The molecule has 1 heterocycles. The molecule has 0 saturated carbocycles. The fourth-order valence-corrected chi connectivity index (χ4v) is 2.14. The average molecular weight is 271 g/mol. The number of nitrogens with zero attached hydrogens (tertiary/aromatic N) is 2. The van der Waals surface area contributed by atoms with E-state index in [1.54, 1.807) is 6.26 Å². The van der Waals surface area contributed by atoms with Gasteiger partial charge in [-0.05, 0) is 34.0 Å². The fraction of sp³-hybridized carbons (Fsp3) is 0.769. The highest BCUT2D eigenvalue weighted by Gasteiger charge is 2.16. The van der Waals surface area contributed by atoms with Crippen LogP contribution in [0.4, 0.5) is 6.01 Å². The van der Waals surface area contributed by atoms with E-state index in [-0.39, 0.29) is 5.54 Å². The van der Waals surface area contributed by atoms with Crippen molar-refractivity contribution in [3.05, 3.63) is 12.0 Å². The van der Waals surface area contributed by atoms with Crippen molar-refractivity contribution in [1.82, 2.24) is 10.3 Å². The highest BCUT2D eigenvalue weighted by atomic mass is 32.2. The van der Waals surface area contributed by atoms with Crippen LogP contribution in [0.5, 0.6) is 0 Å². The molecule has 0 bridgehead atoms. The van der Waals surface area contributed by atoms with E-state index in [1.165, 1.54) is 0 Å². The molecule has 0 spiro atoms. The first-order valence-corrected chi connectivity index (χ1v) is 7.64. The summed E-state index contributed by atoms with van der Waals surface area (Å²) in [6.45, 7) is 9.33. The monoisotopic (exact) mass is 271 g/mol. The summed E-state index contributed by atoms with van der Waals surface area (Å²) in [4.78, 5) is 6.58. The fourth-order valence-electron chi connectivity index (χ4n) is 1.44. The molecule has 1 aromatic rings. The van der Waals surface area contributed by atoms with Crippen LogP contribution in [0.25, 0.3) is 0 Å². The van der Waals surface area contributed by atoms with Gasteiger partial charge in [-0.3, -0.25) is 0 Å². The smallest absolute Gasteiger partial charge is 0.297 e. The molecular formula is C13H25N3OS. The highest BCUT2D eigenvalue weighted by molar-refractivity contribution is 7.98. The summed E-state index contributed by atoms with van der Waals surface area (Å²) in [5.41, 5.74) is 1.04. The van der Waals surface area contributed by atoms with Crippen molar-refractivity contribution >= 4 is 17.8 Å². The SMILES string of the molecule is CSCC(C)N(C)c1nc(CNC(C)(C)C)co1. The molecule has 0 aliphatic rings. The van der Waals surface area contributed by atoms with Crippen LogP contribution < -0.4 is 10.2 Å². The minimum atomic E-state index is 0.0944. The Hall–Kier alpha value is -0.680. The van der Waals surface area contributed by atoms with Gasteiger partial charge in [0.05, 0.1) is 5.69 Å². The number of anilines is 1. The van der Waals surface area contributed by atoms with E-state index in [0.717, 1.165) is 18.0 Å². The van der Waals surface area contributed by atoms with Gasteiger partial charge in [-0.1, -0.05) is 0 Å². The second-order valence-electron chi connectivity index (χ2n) is 5.64. The summed E-state index contributed by atoms with van der Waals surface area (Å²) in [6, 6.07) is 1.12. The molecule has 18 heavy (non-hydrogen) atoms. The first-order chi connectivity index (χ1) is 8.33. The Labute approximate surface area is 115 Å². The molecule has 1 rings (SSSR count). The number of thioether (sulfide) groups is 1. The van der Waals surface area contributed by atoms with Crippen LogP contribution >= 0.6 is 11.8 Å². The Bertz CT molecular complexity index is 359. The van der Waals surface area contributed by atoms with Crippen LogP contribution in [0, 0.1) is 0 Å². The standard InChI is InChI=1S/C13H25N3OS/c1-10(9-18-6)16(5)12-15-11(8-17-12)7-14-13(2,3)4/h8,10,14H,7,9H2,1-6H3. The minimum absolute atomic E-state index is 0.0944. The number of oxazole rings is 1. The van der Waals surface area contributed by atoms with Crippen molar-refractivity contribution in [2.75, 3.05) is 24.0 Å². The molecule has 0 fully saturated rings. The number of hydrogen-bond donors (Lipinski definition) is 1. The van der Waals surface area contributed by atoms with Gasteiger partial charge >= 0.3 is 0 Å². The summed E-state index contributed by atoms with van der Waals surface area (Å²) in [6.07, 6.45) is 3.84. The van der Waals surface area contributed by atoms with E-state index < -0.39 is 0 Å². The van der Waals surface area contributed by atoms with Crippen molar-refractivity contribution in [2.45, 2.75) is 45.8 Å². The van der Waals surface area contributed by atoms with E-state index in [2.05, 4.69) is 49.2 Å². The maximum absolute atomic E-state index is 5.52. The van der Waals surface area contributed by atoms with Gasteiger partial charge in [0.15, 0.2) is 0 Å². The van der Waals surface area contributed by atoms with Gasteiger partial charge in [0.2, 0.25) is 0 Å². The molecule has 0 aliphatic carbocycles. The zero-order chi connectivity index (χ0) is 13.8. The molecule has 1 N–H and O–H groups in total. The van der Waals surface area contributed by atoms with Gasteiger partial charge in [0, 0.05) is 30.9 Å². The zero-order valence-electron chi connectivity index (χ0n) is 12.3. The lowest BCUT2D eigenvalue weighted by molar-refractivity contribution is 0.421. The largest absolute Gasteiger partial charge is 0.432 e. The third-order valence-electron chi connectivity index (χ3n) is 2.71. The summed E-state index contributed by atoms with van der Waals surface area (Å²) >= 11 is 1.83. The maximum atomic E-state index is 5.52. The topological polar surface area (TPSA) is 41.3 Å². The van der Waals surface area contributed by atoms with E-state index in [1.807, 2.05) is 18.8 Å². The second kappa shape index (κ2) is 6.48. The molecule has 5 heteroatoms. The summed E-state index contributed by atoms with van der Waals surface area (Å²) in [7, 11) is 2.02. The van der Waals surface area contributed by atoms with Gasteiger partial charge in [-0.25, -0.2) is 0 Å². The van der Waals surface area contributed by atoms with Crippen LogP contribution in [0.2, 0.25) is 0 Å². The second-order valence-corrected chi connectivity index (χ2v) is 6.55. The maximum Gasteiger partial charge on any atom is 0.297 e. The molecule has 4 nitrogen and oxygen atoms in total. The van der Waals surface area contributed by atoms with E-state index in [9.17, 15) is 0 Å². The van der Waals surface area contributed by atoms with Gasteiger partial charge in [-0.2, -0.15) is 16.7 Å². The van der Waals surface area contributed by atoms with Crippen molar-refractivity contribution in [1.29, 1.82) is 0 Å². The summed E-state index contributed by atoms with van der Waals surface area (Å²) < 4.78 is 5.52. The van der Waals surface area contributed by atoms with Crippen LogP contribution in [0.1, 0.15) is 33.4 Å². The predicted molar refractivity (Wildman–Crippen MR) is 79.3 cm³/mol. The number of rotatable bonds is 6. The third kappa shape index (κ3) is 4.90. The van der Waals surface area contributed by atoms with Crippen LogP contribution in [0.3, 0.4) is 0 Å². The molecule has 0 amide bonds. The molecule has 0 aliphatic heterocycles. The molecular weight excluding hydrogens is 246 g/mol. The van der Waals surface area contributed by atoms with Crippen molar-refractivity contribution in [3.63, 3.8) is 0 Å². The lowest BCUT2D eigenvalue weighted by atomic mass is 10.1. The molecule has 1 atom stereocenters. The van der Waals surface area contributed by atoms with Crippen LogP contribution in [-0.2, 0) is 6.54 Å². The van der Waals surface area contributed by atoms with E-state index in [4.69, 9.17) is 4.42 Å². The first kappa shape index (κ1) is 15.4. The average Bonchev–Trinajstić information content (AvgIpc) is 2.73. The Morgan fingerprint density at radius 2 is 2.17 bits per heavy atom. The van der Waals surface area contributed by atoms with Crippen LogP contribution in [0.15, 0.2) is 10.7 Å². The number of nitrogens with one attached hydrogen (secondary N) is 1. The van der Waals surface area contributed by atoms with Gasteiger partial charge in [-0.15, -0.1) is 0 Å². The van der Waals surface area contributed by atoms with E-state index in [0.29, 0.717) is 12.1 Å². The van der Waals surface area contributed by atoms with Gasteiger partial charge in [0.25, 0.3) is 6.01 Å². The quantitative estimate of drug-likeness (QED) is 0.861. The Morgan fingerprint density at radius 3 is 2.72 bits per heavy atom. The molecule has 0 radical (unpaired) electrons. The molecule has 0 aromatic carbocycles. The third-order valence-corrected chi connectivity index (χ3v) is 3.53. The van der Waals surface area contributed by atoms with Crippen LogP contribution in [-0.4, -0.2) is 35.6 Å². The highest BCUT2D eigenvalue weighted by Crippen LogP contribution is 2.16. The Kier molecular flexibility index (Phi) is 5.53. The Balaban J connectivity index is 2.57. The Morgan fingerprint density at radius 1 is 1.50 bits per heavy atom. The molecule has 104 valence electrons. The lowest BCUT2D eigenvalue weighted by Gasteiger charge is -2.22. The zero-order valence-corrected chi connectivity index (χ0v) is 13.1. The van der Waals surface area contributed by atoms with Gasteiger partial charge in [0.1, 0.15) is 6.26 Å². The van der Waals surface area contributed by atoms with Crippen molar-refractivity contribution < 1.29 is 4.42 Å². The first-order valence-electron chi connectivity index (χ1n) is 6.24. The molecule has 1 aromatic heterocycles.